The molecule has 0 unspecified atom stereocenters. The highest BCUT2D eigenvalue weighted by atomic mass is 16.7. The number of aliphatic hydroxyl groups is 2. The van der Waals surface area contributed by atoms with Crippen molar-refractivity contribution in [3.63, 3.8) is 0 Å². The van der Waals surface area contributed by atoms with Crippen LogP contribution < -0.4 is 15.5 Å². The molecule has 6 rings (SSSR count). The van der Waals surface area contributed by atoms with Crippen molar-refractivity contribution in [1.82, 2.24) is 0 Å². The van der Waals surface area contributed by atoms with Crippen LogP contribution in [0.25, 0.3) is 16.8 Å². The number of aromatic hydroxyl groups is 3. The van der Waals surface area contributed by atoms with Crippen molar-refractivity contribution in [2.24, 2.45) is 28.8 Å². The van der Waals surface area contributed by atoms with Gasteiger partial charge in [0.1, 0.15) is 23.4 Å². The number of rotatable bonds is 6. The third-order valence-electron chi connectivity index (χ3n) is 11.7. The highest BCUT2D eigenvalue weighted by Crippen LogP contribution is 2.55. The van der Waals surface area contributed by atoms with Gasteiger partial charge in [0.05, 0.1) is 52.6 Å². The average molecular weight is 856 g/mol. The molecule has 62 heavy (non-hydrogen) atoms. The summed E-state index contributed by atoms with van der Waals surface area (Å²) in [5, 5.41) is 65.0. The number of carbonyl (C=O) groups excluding carboxylic acids is 3. The van der Waals surface area contributed by atoms with Gasteiger partial charge in [0, 0.05) is 66.7 Å². The zero-order valence-corrected chi connectivity index (χ0v) is 36.6. The molecule has 3 aliphatic heterocycles. The van der Waals surface area contributed by atoms with Gasteiger partial charge in [0.15, 0.2) is 5.75 Å². The van der Waals surface area contributed by atoms with Gasteiger partial charge in [-0.25, -0.2) is 0 Å². The number of amides is 1. The summed E-state index contributed by atoms with van der Waals surface area (Å²) < 4.78 is 23.6. The van der Waals surface area contributed by atoms with Crippen LogP contribution >= 0.6 is 0 Å². The molecule has 1 amide bonds. The molecule has 3 heterocycles. The number of hydrogen-bond acceptors (Lipinski definition) is 14. The Morgan fingerprint density at radius 3 is 2.24 bits per heavy atom. The number of phenolic OH excluding ortho intramolecular Hbond substituents is 3. The molecule has 0 spiro atoms. The van der Waals surface area contributed by atoms with E-state index in [-0.39, 0.29) is 44.5 Å². The lowest BCUT2D eigenvalue weighted by Crippen LogP contribution is -2.46. The Labute approximate surface area is 361 Å². The molecule has 0 aromatic heterocycles. The summed E-state index contributed by atoms with van der Waals surface area (Å²) in [7, 11) is 1.43. The second-order valence-electron chi connectivity index (χ2n) is 16.2. The van der Waals surface area contributed by atoms with E-state index in [0.29, 0.717) is 11.4 Å². The first kappa shape index (κ1) is 46.9. The Morgan fingerprint density at radius 1 is 0.919 bits per heavy atom. The maximum absolute atomic E-state index is 14.5. The van der Waals surface area contributed by atoms with Gasteiger partial charge in [-0.1, -0.05) is 64.1 Å². The van der Waals surface area contributed by atoms with Crippen LogP contribution in [0.5, 0.6) is 23.0 Å². The highest BCUT2D eigenvalue weighted by molar-refractivity contribution is 6.23. The van der Waals surface area contributed by atoms with Crippen molar-refractivity contribution in [2.45, 2.75) is 92.5 Å². The summed E-state index contributed by atoms with van der Waals surface area (Å²) >= 11 is 0. The Kier molecular flexibility index (Phi) is 14.6. The molecule has 7 N–H and O–H groups in total. The number of methoxy groups -OCH3 is 1. The van der Waals surface area contributed by atoms with E-state index in [1.807, 2.05) is 30.3 Å². The Morgan fingerprint density at radius 2 is 1.60 bits per heavy atom. The Balaban J connectivity index is 1.71. The number of nitrogens with one attached hydrogen (secondary N) is 2. The van der Waals surface area contributed by atoms with E-state index in [1.165, 1.54) is 65.4 Å². The van der Waals surface area contributed by atoms with E-state index in [0.717, 1.165) is 0 Å². The van der Waals surface area contributed by atoms with Crippen LogP contribution in [0.3, 0.4) is 0 Å². The smallest absolute Gasteiger partial charge is 0.312 e. The van der Waals surface area contributed by atoms with Crippen molar-refractivity contribution >= 4 is 51.6 Å². The number of ether oxygens (including phenoxy) is 4. The van der Waals surface area contributed by atoms with Crippen LogP contribution in [0.1, 0.15) is 76.9 Å². The number of allylic oxidation sites excluding steroid dienone is 3. The number of ketones is 1. The molecule has 0 aliphatic carbocycles. The maximum atomic E-state index is 14.5. The van der Waals surface area contributed by atoms with Gasteiger partial charge < -0.3 is 49.8 Å². The first-order valence-electron chi connectivity index (χ1n) is 20.3. The number of aliphatic hydroxyl groups excluding tert-OH is 2. The molecule has 3 aromatic carbocycles. The van der Waals surface area contributed by atoms with Crippen LogP contribution in [0.2, 0.25) is 0 Å². The van der Waals surface area contributed by atoms with E-state index < -0.39 is 88.8 Å². The van der Waals surface area contributed by atoms with Gasteiger partial charge in [-0.2, -0.15) is 5.10 Å². The fraction of sp³-hybridized carbons (Fsp3) is 0.404. The summed E-state index contributed by atoms with van der Waals surface area (Å²) in [6.07, 6.45) is 6.40. The van der Waals surface area contributed by atoms with E-state index in [1.54, 1.807) is 46.8 Å². The minimum atomic E-state index is -2.06. The minimum Gasteiger partial charge on any atom is -0.507 e. The number of esters is 1. The fourth-order valence-corrected chi connectivity index (χ4v) is 7.82. The van der Waals surface area contributed by atoms with Gasteiger partial charge in [-0.3, -0.25) is 19.8 Å². The van der Waals surface area contributed by atoms with E-state index in [9.17, 15) is 39.9 Å². The Bertz CT molecular complexity index is 2350. The lowest BCUT2D eigenvalue weighted by atomic mass is 9.78. The van der Waals surface area contributed by atoms with Crippen molar-refractivity contribution in [3.05, 3.63) is 89.2 Å². The SMILES string of the molecule is CO[C@H]1/C=C/O[C@@]2(C)Oc3c(C)c(O)c4c(O)c(c(C=CC(C)=NNc5ccccc5)c(O)c4c3C2=O)NC(=O)/C(C)=C\C=C\[C@H](C)[C@H](O)[C@@H](C)[C@@H](O)[C@H](C)[C@H](OC(C)=O)[C@H]1C. The molecule has 3 aliphatic rings. The van der Waals surface area contributed by atoms with E-state index >= 15 is 0 Å². The fourth-order valence-electron chi connectivity index (χ4n) is 7.82. The van der Waals surface area contributed by atoms with E-state index in [4.69, 9.17) is 18.9 Å². The third kappa shape index (κ3) is 9.49. The largest absolute Gasteiger partial charge is 0.507 e. The number of fused-ring (bicyclic) bond motifs is 14. The summed E-state index contributed by atoms with van der Waals surface area (Å²) in [6, 6.07) is 9.16. The molecule has 0 fully saturated rings. The number of carbonyl (C=O) groups is 3. The monoisotopic (exact) mass is 855 g/mol. The van der Waals surface area contributed by atoms with Crippen molar-refractivity contribution in [2.75, 3.05) is 17.9 Å². The van der Waals surface area contributed by atoms with Crippen molar-refractivity contribution < 1.29 is 58.9 Å². The molecule has 0 saturated carbocycles. The molecular weight excluding hydrogens is 799 g/mol. The topological polar surface area (TPSA) is 226 Å². The van der Waals surface area contributed by atoms with Crippen molar-refractivity contribution in [3.8, 4) is 23.0 Å². The second kappa shape index (κ2) is 19.3. The summed E-state index contributed by atoms with van der Waals surface area (Å²) in [5.74, 6) is -8.51. The number of phenols is 3. The maximum Gasteiger partial charge on any atom is 0.312 e. The third-order valence-corrected chi connectivity index (χ3v) is 11.7. The number of benzene rings is 3. The average Bonchev–Trinajstić information content (AvgIpc) is 3.51. The summed E-state index contributed by atoms with van der Waals surface area (Å²) in [6.45, 7) is 14.2. The van der Waals surface area contributed by atoms with Gasteiger partial charge in [-0.15, -0.1) is 0 Å². The predicted molar refractivity (Wildman–Crippen MR) is 236 cm³/mol. The molecule has 15 heteroatoms. The van der Waals surface area contributed by atoms with Crippen LogP contribution in [0, 0.1) is 30.6 Å². The van der Waals surface area contributed by atoms with Crippen molar-refractivity contribution in [1.29, 1.82) is 0 Å². The molecule has 5 bridgehead atoms. The number of anilines is 2. The summed E-state index contributed by atoms with van der Waals surface area (Å²) in [5.41, 5.74) is 3.66. The molecule has 0 saturated heterocycles. The van der Waals surface area contributed by atoms with Gasteiger partial charge in [-0.05, 0) is 51.1 Å². The van der Waals surface area contributed by atoms with Gasteiger partial charge >= 0.3 is 11.8 Å². The number of para-hydroxylation sites is 1. The van der Waals surface area contributed by atoms with Crippen LogP contribution in [0.4, 0.5) is 11.4 Å². The molecule has 332 valence electrons. The zero-order valence-electron chi connectivity index (χ0n) is 36.6. The lowest BCUT2D eigenvalue weighted by Gasteiger charge is -2.38. The first-order valence-corrected chi connectivity index (χ1v) is 20.3. The molecule has 3 aromatic rings. The zero-order chi connectivity index (χ0) is 45.8. The second-order valence-corrected chi connectivity index (χ2v) is 16.2. The number of hydrazone groups is 1. The number of Topliss-reactive ketones (excluding diaryl/α,β-unsaturated/α-hetero) is 1. The molecule has 0 radical (unpaired) electrons. The first-order chi connectivity index (χ1) is 29.2. The number of nitrogens with zero attached hydrogens (tertiary/aromatic N) is 1. The lowest BCUT2D eigenvalue weighted by molar-refractivity contribution is -0.160. The van der Waals surface area contributed by atoms with Gasteiger partial charge in [0.25, 0.3) is 11.7 Å². The normalized spacial score (nSPS) is 29.4. The van der Waals surface area contributed by atoms with Crippen LogP contribution in [0.15, 0.2) is 77.6 Å². The van der Waals surface area contributed by atoms with Crippen LogP contribution in [-0.2, 0) is 23.8 Å². The van der Waals surface area contributed by atoms with E-state index in [2.05, 4.69) is 15.8 Å². The van der Waals surface area contributed by atoms with Gasteiger partial charge in [0.2, 0.25) is 0 Å². The quantitative estimate of drug-likeness (QED) is 0.0427. The Hall–Kier alpha value is -6.16. The van der Waals surface area contributed by atoms with Crippen LogP contribution in [-0.4, -0.2) is 86.2 Å². The number of hydrogen-bond donors (Lipinski definition) is 7. The molecule has 9 atom stereocenters. The molecule has 15 nitrogen and oxygen atoms in total. The minimum absolute atomic E-state index is 0.0415. The predicted octanol–water partition coefficient (Wildman–Crippen LogP) is 7.26. The molecular formula is C47H57N3O12. The highest BCUT2D eigenvalue weighted by Gasteiger charge is 2.50. The summed E-state index contributed by atoms with van der Waals surface area (Å²) in [4.78, 5) is 40.6. The standard InChI is InChI=1S/C47H57N3O12/c1-23-15-14-16-24(2)46(58)48-37-32(20-19-25(3)49-50-31-17-12-11-13-18-31)41(55)34-35(42(37)56)40(54)29(7)44-36(34)45(57)47(9,62-44)60-22-21-33(59-10)26(4)43(61-30(8)51)28(6)39(53)27(5)38(23)52/h11-23,26-28,33,38-39,43,50,52-56H,1-10H3,(H,48,58)/b15-14+,20-19?,22-21+,24-16-,49-25?/t23-,26-,27+,28-,33-,38-,39+,43+,47-/m0/s1.